The first-order valence-corrected chi connectivity index (χ1v) is 6.29. The highest BCUT2D eigenvalue weighted by Crippen LogP contribution is 2.12. The van der Waals surface area contributed by atoms with Crippen molar-refractivity contribution in [2.75, 3.05) is 0 Å². The normalized spacial score (nSPS) is 11.4. The molecule has 2 rings (SSSR count). The average molecular weight is 285 g/mol. The molecule has 2 aromatic carbocycles. The van der Waals surface area contributed by atoms with E-state index in [4.69, 9.17) is 0 Å². The molecule has 0 bridgehead atoms. The minimum Gasteiger partial charge on any atom is -0.0622 e. The Morgan fingerprint density at radius 3 is 2.06 bits per heavy atom. The Morgan fingerprint density at radius 1 is 0.706 bits per heavy atom. The molecule has 17 heavy (non-hydrogen) atoms. The van der Waals surface area contributed by atoms with Crippen LogP contribution in [0.5, 0.6) is 0 Å². The van der Waals surface area contributed by atoms with E-state index in [0.717, 1.165) is 4.47 Å². The predicted octanol–water partition coefficient (Wildman–Crippen LogP) is 5.18. The van der Waals surface area contributed by atoms with Crippen molar-refractivity contribution in [2.24, 2.45) is 0 Å². The number of hydrogen-bond donors (Lipinski definition) is 0. The van der Waals surface area contributed by atoms with Crippen molar-refractivity contribution in [3.63, 3.8) is 0 Å². The van der Waals surface area contributed by atoms with E-state index in [9.17, 15) is 0 Å². The van der Waals surface area contributed by atoms with Gasteiger partial charge in [-0.1, -0.05) is 82.7 Å². The minimum absolute atomic E-state index is 1.10. The van der Waals surface area contributed by atoms with E-state index < -0.39 is 0 Å². The van der Waals surface area contributed by atoms with Crippen molar-refractivity contribution >= 4 is 28.1 Å². The first-order valence-electron chi connectivity index (χ1n) is 5.50. The van der Waals surface area contributed by atoms with E-state index >= 15 is 0 Å². The molecule has 0 spiro atoms. The fourth-order valence-corrected chi connectivity index (χ4v) is 1.92. The minimum atomic E-state index is 1.10. The van der Waals surface area contributed by atoms with Gasteiger partial charge in [0.1, 0.15) is 0 Å². The maximum absolute atomic E-state index is 3.46. The zero-order chi connectivity index (χ0) is 11.9. The monoisotopic (exact) mass is 284 g/mol. The Bertz CT molecular complexity index is 524. The lowest BCUT2D eigenvalue weighted by Crippen LogP contribution is -1.70. The summed E-state index contributed by atoms with van der Waals surface area (Å²) < 4.78 is 1.10. The van der Waals surface area contributed by atoms with E-state index in [1.54, 1.807) is 0 Å². The molecular formula is C16H13Br. The van der Waals surface area contributed by atoms with Crippen molar-refractivity contribution in [2.45, 2.75) is 0 Å². The van der Waals surface area contributed by atoms with Gasteiger partial charge < -0.3 is 0 Å². The molecule has 0 fully saturated rings. The summed E-state index contributed by atoms with van der Waals surface area (Å²) in [5, 5.41) is 0. The van der Waals surface area contributed by atoms with Gasteiger partial charge in [-0.2, -0.15) is 0 Å². The molecule has 0 aliphatic carbocycles. The zero-order valence-corrected chi connectivity index (χ0v) is 11.0. The maximum atomic E-state index is 3.46. The van der Waals surface area contributed by atoms with Crippen LogP contribution in [-0.2, 0) is 0 Å². The molecule has 84 valence electrons. The number of halogens is 1. The zero-order valence-electron chi connectivity index (χ0n) is 9.38. The van der Waals surface area contributed by atoms with Crippen LogP contribution in [0, 0.1) is 0 Å². The third-order valence-corrected chi connectivity index (χ3v) is 2.83. The van der Waals surface area contributed by atoms with Crippen molar-refractivity contribution in [1.29, 1.82) is 0 Å². The summed E-state index contributed by atoms with van der Waals surface area (Å²) in [5.74, 6) is 0. The summed E-state index contributed by atoms with van der Waals surface area (Å²) >= 11 is 3.46. The van der Waals surface area contributed by atoms with Gasteiger partial charge in [-0.3, -0.25) is 0 Å². The van der Waals surface area contributed by atoms with Crippen molar-refractivity contribution < 1.29 is 0 Å². The highest BCUT2D eigenvalue weighted by atomic mass is 79.9. The first kappa shape index (κ1) is 11.9. The van der Waals surface area contributed by atoms with Gasteiger partial charge in [-0.05, 0) is 23.3 Å². The van der Waals surface area contributed by atoms with Gasteiger partial charge in [-0.25, -0.2) is 0 Å². The van der Waals surface area contributed by atoms with Gasteiger partial charge in [-0.15, -0.1) is 0 Å². The molecule has 0 saturated heterocycles. The average Bonchev–Trinajstić information content (AvgIpc) is 2.36. The molecule has 0 nitrogen and oxygen atoms in total. The molecule has 0 unspecified atom stereocenters. The molecule has 0 aliphatic rings. The molecular weight excluding hydrogens is 272 g/mol. The molecule has 0 aliphatic heterocycles. The topological polar surface area (TPSA) is 0 Å². The van der Waals surface area contributed by atoms with Gasteiger partial charge in [0.2, 0.25) is 0 Å². The van der Waals surface area contributed by atoms with Crippen LogP contribution in [0.2, 0.25) is 0 Å². The van der Waals surface area contributed by atoms with Gasteiger partial charge in [0.15, 0.2) is 0 Å². The van der Waals surface area contributed by atoms with Crippen LogP contribution in [0.4, 0.5) is 0 Å². The molecule has 0 atom stereocenters. The lowest BCUT2D eigenvalue weighted by molar-refractivity contribution is 1.61. The van der Waals surface area contributed by atoms with Gasteiger partial charge >= 0.3 is 0 Å². The van der Waals surface area contributed by atoms with Crippen LogP contribution in [-0.4, -0.2) is 0 Å². The Balaban J connectivity index is 2.01. The molecule has 0 radical (unpaired) electrons. The molecule has 0 N–H and O–H groups in total. The lowest BCUT2D eigenvalue weighted by Gasteiger charge is -1.93. The fourth-order valence-electron chi connectivity index (χ4n) is 1.51. The SMILES string of the molecule is Brc1cccc(C=CC=Cc2ccccc2)c1. The van der Waals surface area contributed by atoms with E-state index in [1.807, 2.05) is 30.3 Å². The largest absolute Gasteiger partial charge is 0.0622 e. The van der Waals surface area contributed by atoms with Crippen molar-refractivity contribution in [3.05, 3.63) is 82.3 Å². The molecule has 1 heteroatoms. The summed E-state index contributed by atoms with van der Waals surface area (Å²) in [6, 6.07) is 18.5. The second-order valence-electron chi connectivity index (χ2n) is 3.68. The molecule has 0 saturated carbocycles. The van der Waals surface area contributed by atoms with Crippen LogP contribution in [0.1, 0.15) is 11.1 Å². The molecule has 0 heterocycles. The smallest absolute Gasteiger partial charge is 0.0181 e. The maximum Gasteiger partial charge on any atom is 0.0181 e. The Hall–Kier alpha value is -1.60. The second-order valence-corrected chi connectivity index (χ2v) is 4.60. The van der Waals surface area contributed by atoms with Crippen LogP contribution in [0.25, 0.3) is 12.2 Å². The lowest BCUT2D eigenvalue weighted by atomic mass is 10.2. The van der Waals surface area contributed by atoms with Gasteiger partial charge in [0.05, 0.1) is 0 Å². The van der Waals surface area contributed by atoms with Gasteiger partial charge in [0, 0.05) is 4.47 Å². The standard InChI is InChI=1S/C16H13Br/c17-16-12-6-11-15(13-16)10-5-4-9-14-7-2-1-3-8-14/h1-13H. The van der Waals surface area contributed by atoms with Crippen LogP contribution in [0.3, 0.4) is 0 Å². The summed E-state index contributed by atoms with van der Waals surface area (Å²) in [5.41, 5.74) is 2.41. The first-order chi connectivity index (χ1) is 8.34. The summed E-state index contributed by atoms with van der Waals surface area (Å²) in [6.45, 7) is 0. The van der Waals surface area contributed by atoms with E-state index in [1.165, 1.54) is 11.1 Å². The number of rotatable bonds is 3. The summed E-state index contributed by atoms with van der Waals surface area (Å²) in [6.07, 6.45) is 8.28. The number of hydrogen-bond acceptors (Lipinski definition) is 0. The quantitative estimate of drug-likeness (QED) is 0.682. The Morgan fingerprint density at radius 2 is 1.35 bits per heavy atom. The van der Waals surface area contributed by atoms with Crippen molar-refractivity contribution in [1.82, 2.24) is 0 Å². The molecule has 0 aromatic heterocycles. The predicted molar refractivity (Wildman–Crippen MR) is 78.7 cm³/mol. The summed E-state index contributed by atoms with van der Waals surface area (Å²) in [7, 11) is 0. The Kier molecular flexibility index (Phi) is 4.34. The third-order valence-electron chi connectivity index (χ3n) is 2.34. The van der Waals surface area contributed by atoms with Crippen LogP contribution in [0.15, 0.2) is 71.2 Å². The highest BCUT2D eigenvalue weighted by Gasteiger charge is 1.87. The van der Waals surface area contributed by atoms with E-state index in [2.05, 4.69) is 64.5 Å². The second kappa shape index (κ2) is 6.21. The van der Waals surface area contributed by atoms with Crippen LogP contribution >= 0.6 is 15.9 Å². The summed E-state index contributed by atoms with van der Waals surface area (Å²) in [4.78, 5) is 0. The van der Waals surface area contributed by atoms with E-state index in [0.29, 0.717) is 0 Å². The fraction of sp³-hybridized carbons (Fsp3) is 0. The van der Waals surface area contributed by atoms with E-state index in [-0.39, 0.29) is 0 Å². The highest BCUT2D eigenvalue weighted by molar-refractivity contribution is 9.10. The van der Waals surface area contributed by atoms with Gasteiger partial charge in [0.25, 0.3) is 0 Å². The van der Waals surface area contributed by atoms with Crippen molar-refractivity contribution in [3.8, 4) is 0 Å². The van der Waals surface area contributed by atoms with Crippen LogP contribution < -0.4 is 0 Å². The number of allylic oxidation sites excluding steroid dienone is 2. The third kappa shape index (κ3) is 4.04. The molecule has 0 amide bonds. The molecule has 2 aromatic rings. The Labute approximate surface area is 110 Å². The number of benzene rings is 2.